The van der Waals surface area contributed by atoms with Gasteiger partial charge in [0.2, 0.25) is 6.41 Å². The van der Waals surface area contributed by atoms with Crippen LogP contribution < -0.4 is 0 Å². The van der Waals surface area contributed by atoms with E-state index < -0.39 is 46.8 Å². The molecule has 0 spiro atoms. The maximum absolute atomic E-state index is 14.1. The lowest BCUT2D eigenvalue weighted by Crippen LogP contribution is -2.48. The molecule has 0 saturated heterocycles. The first-order valence-electron chi connectivity index (χ1n) is 9.18. The second-order valence-electron chi connectivity index (χ2n) is 7.20. The van der Waals surface area contributed by atoms with Gasteiger partial charge in [0.15, 0.2) is 0 Å². The summed E-state index contributed by atoms with van der Waals surface area (Å²) in [5.74, 6) is -1.55. The minimum Gasteiger partial charge on any atom is -0.374 e. The van der Waals surface area contributed by atoms with Gasteiger partial charge in [-0.2, -0.15) is 13.2 Å². The quantitative estimate of drug-likeness (QED) is 0.310. The first-order chi connectivity index (χ1) is 14.9. The van der Waals surface area contributed by atoms with Crippen molar-refractivity contribution in [3.05, 3.63) is 70.2 Å². The molecule has 0 radical (unpaired) electrons. The Morgan fingerprint density at radius 2 is 2.09 bits per heavy atom. The van der Waals surface area contributed by atoms with Gasteiger partial charge in [-0.1, -0.05) is 29.4 Å². The molecule has 0 bridgehead atoms. The summed E-state index contributed by atoms with van der Waals surface area (Å²) < 4.78 is 56.2. The molecule has 32 heavy (non-hydrogen) atoms. The topological polar surface area (TPSA) is 59.0 Å². The summed E-state index contributed by atoms with van der Waals surface area (Å²) in [4.78, 5) is 29.0. The Labute approximate surface area is 190 Å². The monoisotopic (exact) mass is 490 g/mol. The molecule has 3 rings (SSSR count). The maximum atomic E-state index is 14.1. The van der Waals surface area contributed by atoms with Gasteiger partial charge in [0, 0.05) is 18.2 Å². The van der Waals surface area contributed by atoms with E-state index >= 15 is 0 Å². The van der Waals surface area contributed by atoms with Crippen LogP contribution in [0.15, 0.2) is 58.6 Å². The van der Waals surface area contributed by atoms with Crippen molar-refractivity contribution in [3.63, 3.8) is 0 Å². The summed E-state index contributed by atoms with van der Waals surface area (Å²) in [7, 11) is 0. The third-order valence-corrected chi connectivity index (χ3v) is 5.88. The molecule has 1 aliphatic heterocycles. The van der Waals surface area contributed by atoms with E-state index in [1.54, 1.807) is 6.92 Å². The van der Waals surface area contributed by atoms with Crippen molar-refractivity contribution in [1.82, 2.24) is 4.90 Å². The molecular weight excluding hydrogens is 475 g/mol. The van der Waals surface area contributed by atoms with Gasteiger partial charge < -0.3 is 4.84 Å². The number of rotatable bonds is 5. The first kappa shape index (κ1) is 24.0. The molecule has 2 atom stereocenters. The van der Waals surface area contributed by atoms with Gasteiger partial charge in [0.25, 0.3) is 11.5 Å². The number of carbonyl (C=O) groups excluding carboxylic acids is 2. The van der Waals surface area contributed by atoms with Gasteiger partial charge in [-0.3, -0.25) is 14.5 Å². The van der Waals surface area contributed by atoms with E-state index in [1.165, 1.54) is 18.2 Å². The minimum absolute atomic E-state index is 0.0291. The van der Waals surface area contributed by atoms with E-state index in [4.69, 9.17) is 28.0 Å². The molecule has 0 N–H and O–H groups in total. The van der Waals surface area contributed by atoms with Crippen molar-refractivity contribution in [3.8, 4) is 0 Å². The smallest absolute Gasteiger partial charge is 0.374 e. The number of imide groups is 1. The number of aryl methyl sites for hydroxylation is 1. The molecule has 0 saturated carbocycles. The largest absolute Gasteiger partial charge is 0.435 e. The van der Waals surface area contributed by atoms with Crippen molar-refractivity contribution in [2.24, 2.45) is 5.16 Å². The number of benzene rings is 1. The Bertz CT molecular complexity index is 1070. The molecule has 2 aliphatic rings. The van der Waals surface area contributed by atoms with E-state index in [1.807, 2.05) is 0 Å². The van der Waals surface area contributed by atoms with Crippen LogP contribution in [-0.2, 0) is 9.63 Å². The number of carbonyl (C=O) groups is 2. The number of allylic oxidation sites excluding steroid dienone is 3. The summed E-state index contributed by atoms with van der Waals surface area (Å²) in [6.07, 6.45) is -3.85. The molecule has 5 nitrogen and oxygen atoms in total. The fraction of sp³-hybridized carbons (Fsp3) is 0.286. The van der Waals surface area contributed by atoms with Crippen LogP contribution in [0.2, 0.25) is 0 Å². The predicted molar refractivity (Wildman–Crippen MR) is 111 cm³/mol. The average Bonchev–Trinajstić information content (AvgIpc) is 3.19. The van der Waals surface area contributed by atoms with Crippen molar-refractivity contribution in [1.29, 1.82) is 0 Å². The Kier molecular flexibility index (Phi) is 6.53. The Morgan fingerprint density at radius 1 is 1.41 bits per heavy atom. The zero-order valence-corrected chi connectivity index (χ0v) is 18.1. The molecule has 0 fully saturated rings. The summed E-state index contributed by atoms with van der Waals surface area (Å²) in [6, 6.07) is 4.22. The molecule has 1 aromatic carbocycles. The van der Waals surface area contributed by atoms with Gasteiger partial charge in [0.05, 0.1) is 16.1 Å². The van der Waals surface area contributed by atoms with Crippen LogP contribution in [0.3, 0.4) is 0 Å². The lowest BCUT2D eigenvalue weighted by Gasteiger charge is -2.33. The van der Waals surface area contributed by atoms with Crippen LogP contribution in [0, 0.1) is 6.92 Å². The highest BCUT2D eigenvalue weighted by molar-refractivity contribution is 6.33. The van der Waals surface area contributed by atoms with Crippen LogP contribution in [0.5, 0.6) is 0 Å². The molecular formula is C21H16Cl2F4N2O3. The van der Waals surface area contributed by atoms with E-state index in [0.717, 1.165) is 17.2 Å². The lowest BCUT2D eigenvalue weighted by atomic mass is 9.82. The van der Waals surface area contributed by atoms with Crippen molar-refractivity contribution in [2.75, 3.05) is 0 Å². The van der Waals surface area contributed by atoms with E-state index in [0.29, 0.717) is 12.0 Å². The van der Waals surface area contributed by atoms with Crippen LogP contribution in [0.1, 0.15) is 34.3 Å². The highest BCUT2D eigenvalue weighted by Gasteiger charge is 2.63. The fourth-order valence-corrected chi connectivity index (χ4v) is 4.09. The van der Waals surface area contributed by atoms with Crippen LogP contribution in [-0.4, -0.2) is 40.1 Å². The summed E-state index contributed by atoms with van der Waals surface area (Å²) in [6.45, 7) is 4.93. The van der Waals surface area contributed by atoms with E-state index in [9.17, 15) is 27.2 Å². The normalized spacial score (nSPS) is 23.3. The summed E-state index contributed by atoms with van der Waals surface area (Å²) >= 11 is 11.6. The molecule has 170 valence electrons. The number of nitrogens with zero attached hydrogens (tertiary/aromatic N) is 2. The van der Waals surface area contributed by atoms with Gasteiger partial charge in [-0.25, -0.2) is 4.39 Å². The third-order valence-electron chi connectivity index (χ3n) is 5.24. The molecule has 0 unspecified atom stereocenters. The number of hydrogen-bond acceptors (Lipinski definition) is 4. The van der Waals surface area contributed by atoms with Crippen LogP contribution in [0.4, 0.5) is 17.6 Å². The number of halogens is 6. The molecule has 1 heterocycles. The molecule has 2 amide bonds. The number of amides is 2. The molecule has 11 heteroatoms. The van der Waals surface area contributed by atoms with Crippen LogP contribution in [0.25, 0.3) is 0 Å². The maximum Gasteiger partial charge on any atom is 0.435 e. The molecule has 1 aliphatic carbocycles. The highest BCUT2D eigenvalue weighted by atomic mass is 35.5. The second-order valence-corrected chi connectivity index (χ2v) is 8.13. The zero-order chi connectivity index (χ0) is 23.8. The second kappa shape index (κ2) is 8.71. The Hall–Kier alpha value is -2.65. The zero-order valence-electron chi connectivity index (χ0n) is 16.5. The van der Waals surface area contributed by atoms with Gasteiger partial charge >= 0.3 is 6.18 Å². The molecule has 1 aromatic rings. The van der Waals surface area contributed by atoms with Gasteiger partial charge in [0.1, 0.15) is 5.83 Å². The molecule has 0 aromatic heterocycles. The summed E-state index contributed by atoms with van der Waals surface area (Å²) in [5, 5.41) is 1.77. The van der Waals surface area contributed by atoms with Crippen molar-refractivity contribution in [2.45, 2.75) is 36.9 Å². The lowest BCUT2D eigenvalue weighted by molar-refractivity contribution is -0.254. The van der Waals surface area contributed by atoms with Gasteiger partial charge in [-0.15, -0.1) is 11.6 Å². The van der Waals surface area contributed by atoms with E-state index in [2.05, 4.69) is 11.7 Å². The first-order valence-corrected chi connectivity index (χ1v) is 10.00. The standard InChI is InChI=1S/C21H16Cl2F4N2O3/c1-3-29(10-30)19(31)14-5-4-12(6-11(14)2)17-9-20(32-28-17,21(25,26)27)13-7-15(22)18(24)16(23)8-13/h3-7,10,16H,1,8-9H2,2H3/t16-,20+/m1/s1. The fourth-order valence-electron chi connectivity index (χ4n) is 3.48. The van der Waals surface area contributed by atoms with E-state index in [-0.39, 0.29) is 22.4 Å². The minimum atomic E-state index is -4.90. The number of oxime groups is 1. The number of alkyl halides is 4. The highest BCUT2D eigenvalue weighted by Crippen LogP contribution is 2.50. The number of hydrogen-bond donors (Lipinski definition) is 0. The van der Waals surface area contributed by atoms with Gasteiger partial charge in [-0.05, 0) is 48.3 Å². The van der Waals surface area contributed by atoms with Crippen molar-refractivity contribution < 1.29 is 32.0 Å². The summed E-state index contributed by atoms with van der Waals surface area (Å²) in [5.41, 5.74) is -2.37. The Morgan fingerprint density at radius 3 is 2.62 bits per heavy atom. The van der Waals surface area contributed by atoms with Crippen LogP contribution >= 0.6 is 23.2 Å². The third kappa shape index (κ3) is 4.06. The van der Waals surface area contributed by atoms with Crippen molar-refractivity contribution >= 4 is 41.2 Å². The average molecular weight is 491 g/mol. The predicted octanol–water partition coefficient (Wildman–Crippen LogP) is 5.52. The Balaban J connectivity index is 1.95. The SMILES string of the molecule is C=CN(C=O)C(=O)c1ccc(C2=NO[C@@](C3=CC(Cl)=C(F)[C@H](Cl)C3)(C(F)(F)F)C2)cc1C.